The van der Waals surface area contributed by atoms with E-state index in [1.807, 2.05) is 43.0 Å². The number of carbonyl (C=O) groups is 2. The van der Waals surface area contributed by atoms with E-state index >= 15 is 0 Å². The maximum absolute atomic E-state index is 13.9. The summed E-state index contributed by atoms with van der Waals surface area (Å²) in [6, 6.07) is 9.88. The van der Waals surface area contributed by atoms with Crippen LogP contribution < -0.4 is 5.56 Å². The zero-order chi connectivity index (χ0) is 24.1. The van der Waals surface area contributed by atoms with Crippen molar-refractivity contribution in [1.29, 1.82) is 0 Å². The number of nitro groups is 1. The average molecular weight is 465 g/mol. The first-order valence-corrected chi connectivity index (χ1v) is 11.9. The van der Waals surface area contributed by atoms with Gasteiger partial charge in [0.05, 0.1) is 4.92 Å². The molecule has 9 nitrogen and oxygen atoms in total. The Morgan fingerprint density at radius 2 is 1.91 bits per heavy atom. The van der Waals surface area contributed by atoms with Gasteiger partial charge in [-0.05, 0) is 36.0 Å². The number of nitrogens with zero attached hydrogens (tertiary/aromatic N) is 4. The molecule has 178 valence electrons. The van der Waals surface area contributed by atoms with E-state index in [1.165, 1.54) is 10.6 Å². The molecule has 2 bridgehead atoms. The van der Waals surface area contributed by atoms with Crippen LogP contribution in [-0.4, -0.2) is 50.2 Å². The Labute approximate surface area is 197 Å². The third-order valence-corrected chi connectivity index (χ3v) is 7.71. The van der Waals surface area contributed by atoms with Crippen molar-refractivity contribution in [3.05, 3.63) is 73.7 Å². The lowest BCUT2D eigenvalue weighted by Gasteiger charge is -2.45. The first kappa shape index (κ1) is 22.3. The van der Waals surface area contributed by atoms with E-state index in [1.54, 1.807) is 11.0 Å². The normalized spacial score (nSPS) is 22.7. The van der Waals surface area contributed by atoms with Gasteiger partial charge in [-0.15, -0.1) is 0 Å². The predicted molar refractivity (Wildman–Crippen MR) is 124 cm³/mol. The van der Waals surface area contributed by atoms with Crippen LogP contribution >= 0.6 is 0 Å². The van der Waals surface area contributed by atoms with Crippen molar-refractivity contribution >= 4 is 17.5 Å². The molecule has 4 unspecified atom stereocenters. The van der Waals surface area contributed by atoms with Gasteiger partial charge in [0, 0.05) is 49.4 Å². The Morgan fingerprint density at radius 3 is 2.62 bits per heavy atom. The maximum Gasteiger partial charge on any atom is 0.334 e. The van der Waals surface area contributed by atoms with E-state index in [9.17, 15) is 24.5 Å². The topological polar surface area (TPSA) is 106 Å². The molecule has 5 rings (SSSR count). The second-order valence-electron chi connectivity index (χ2n) is 9.78. The SMILES string of the molecule is CCC(C)C(C(=O)N1CC2CC(C1)c1ccc([N+](=O)[O-])c(=O)n1C2)N1Cc2ccccc2C1=O. The fourth-order valence-electron chi connectivity index (χ4n) is 5.85. The molecule has 0 N–H and O–H groups in total. The third kappa shape index (κ3) is 3.50. The number of pyridine rings is 1. The molecule has 3 aliphatic heterocycles. The number of benzene rings is 1. The highest BCUT2D eigenvalue weighted by Crippen LogP contribution is 2.37. The molecule has 0 radical (unpaired) electrons. The van der Waals surface area contributed by atoms with Gasteiger partial charge in [0.25, 0.3) is 5.91 Å². The number of rotatable bonds is 5. The summed E-state index contributed by atoms with van der Waals surface area (Å²) in [4.78, 5) is 53.9. The summed E-state index contributed by atoms with van der Waals surface area (Å²) in [5.41, 5.74) is 1.36. The quantitative estimate of drug-likeness (QED) is 0.500. The van der Waals surface area contributed by atoms with Gasteiger partial charge >= 0.3 is 11.2 Å². The minimum Gasteiger partial charge on any atom is -0.340 e. The number of piperidine rings is 1. The minimum absolute atomic E-state index is 0.00918. The van der Waals surface area contributed by atoms with E-state index < -0.39 is 22.2 Å². The molecule has 1 fully saturated rings. The van der Waals surface area contributed by atoms with E-state index in [-0.39, 0.29) is 29.6 Å². The summed E-state index contributed by atoms with van der Waals surface area (Å²) in [5.74, 6) is -0.184. The number of aromatic nitrogens is 1. The molecule has 3 aliphatic rings. The maximum atomic E-state index is 13.9. The molecule has 2 amide bonds. The van der Waals surface area contributed by atoms with Gasteiger partial charge in [0.2, 0.25) is 5.91 Å². The van der Waals surface area contributed by atoms with Crippen molar-refractivity contribution in [2.45, 2.75) is 51.7 Å². The monoisotopic (exact) mass is 464 g/mol. The number of hydrogen-bond donors (Lipinski definition) is 0. The van der Waals surface area contributed by atoms with Crippen molar-refractivity contribution in [3.8, 4) is 0 Å². The second-order valence-corrected chi connectivity index (χ2v) is 9.78. The summed E-state index contributed by atoms with van der Waals surface area (Å²) >= 11 is 0. The second kappa shape index (κ2) is 8.38. The number of carbonyl (C=O) groups excluding carboxylic acids is 2. The Bertz CT molecular complexity index is 1240. The fraction of sp³-hybridized carbons (Fsp3) is 0.480. The van der Waals surface area contributed by atoms with Crippen molar-refractivity contribution in [2.24, 2.45) is 11.8 Å². The van der Waals surface area contributed by atoms with Crippen LogP contribution in [-0.2, 0) is 17.9 Å². The summed E-state index contributed by atoms with van der Waals surface area (Å²) in [7, 11) is 0. The number of hydrogen-bond acceptors (Lipinski definition) is 5. The predicted octanol–water partition coefficient (Wildman–Crippen LogP) is 2.77. The zero-order valence-corrected chi connectivity index (χ0v) is 19.3. The van der Waals surface area contributed by atoms with E-state index in [4.69, 9.17) is 0 Å². The molecule has 9 heteroatoms. The summed E-state index contributed by atoms with van der Waals surface area (Å²) in [6.07, 6.45) is 1.60. The average Bonchev–Trinajstić information content (AvgIpc) is 3.15. The molecule has 34 heavy (non-hydrogen) atoms. The third-order valence-electron chi connectivity index (χ3n) is 7.71. The molecule has 1 saturated heterocycles. The van der Waals surface area contributed by atoms with Crippen LogP contribution in [0.1, 0.15) is 54.2 Å². The molecule has 4 heterocycles. The molecule has 2 aromatic rings. The fourth-order valence-corrected chi connectivity index (χ4v) is 5.85. The minimum atomic E-state index is -0.641. The first-order valence-electron chi connectivity index (χ1n) is 11.9. The van der Waals surface area contributed by atoms with E-state index in [0.717, 1.165) is 24.1 Å². The van der Waals surface area contributed by atoms with Crippen molar-refractivity contribution in [2.75, 3.05) is 13.1 Å². The molecular formula is C25H28N4O5. The Kier molecular flexibility index (Phi) is 5.50. The van der Waals surface area contributed by atoms with Crippen molar-refractivity contribution in [3.63, 3.8) is 0 Å². The molecule has 1 aromatic carbocycles. The number of likely N-dealkylation sites (tertiary alicyclic amines) is 1. The van der Waals surface area contributed by atoms with Crippen LogP contribution in [0.5, 0.6) is 0 Å². The smallest absolute Gasteiger partial charge is 0.334 e. The van der Waals surface area contributed by atoms with Gasteiger partial charge in [-0.25, -0.2) is 0 Å². The van der Waals surface area contributed by atoms with Crippen molar-refractivity contribution < 1.29 is 14.5 Å². The van der Waals surface area contributed by atoms with Crippen LogP contribution in [0.2, 0.25) is 0 Å². The highest BCUT2D eigenvalue weighted by atomic mass is 16.6. The van der Waals surface area contributed by atoms with Crippen LogP contribution in [0.3, 0.4) is 0 Å². The molecule has 0 spiro atoms. The lowest BCUT2D eigenvalue weighted by molar-refractivity contribution is -0.386. The van der Waals surface area contributed by atoms with Gasteiger partial charge in [0.1, 0.15) is 6.04 Å². The van der Waals surface area contributed by atoms with Gasteiger partial charge in [0.15, 0.2) is 0 Å². The number of fused-ring (bicyclic) bond motifs is 5. The Morgan fingerprint density at radius 1 is 1.15 bits per heavy atom. The lowest BCUT2D eigenvalue weighted by Crippen LogP contribution is -2.56. The lowest BCUT2D eigenvalue weighted by atomic mass is 9.82. The van der Waals surface area contributed by atoms with E-state index in [0.29, 0.717) is 31.7 Å². The van der Waals surface area contributed by atoms with Gasteiger partial charge < -0.3 is 14.4 Å². The van der Waals surface area contributed by atoms with Crippen LogP contribution in [0.25, 0.3) is 0 Å². The van der Waals surface area contributed by atoms with Gasteiger partial charge in [-0.3, -0.25) is 24.5 Å². The molecule has 1 aromatic heterocycles. The summed E-state index contributed by atoms with van der Waals surface area (Å²) in [5, 5.41) is 11.2. The van der Waals surface area contributed by atoms with Crippen LogP contribution in [0.4, 0.5) is 5.69 Å². The zero-order valence-electron chi connectivity index (χ0n) is 19.3. The molecule has 0 saturated carbocycles. The first-order chi connectivity index (χ1) is 16.3. The van der Waals surface area contributed by atoms with Crippen LogP contribution in [0.15, 0.2) is 41.2 Å². The molecule has 0 aliphatic carbocycles. The largest absolute Gasteiger partial charge is 0.340 e. The summed E-state index contributed by atoms with van der Waals surface area (Å²) < 4.78 is 1.52. The van der Waals surface area contributed by atoms with Crippen molar-refractivity contribution in [1.82, 2.24) is 14.4 Å². The Hall–Kier alpha value is -3.49. The van der Waals surface area contributed by atoms with E-state index in [2.05, 4.69) is 0 Å². The number of amides is 2. The van der Waals surface area contributed by atoms with Gasteiger partial charge in [-0.1, -0.05) is 38.5 Å². The highest BCUT2D eigenvalue weighted by molar-refractivity contribution is 6.01. The highest BCUT2D eigenvalue weighted by Gasteiger charge is 2.44. The van der Waals surface area contributed by atoms with Crippen LogP contribution in [0, 0.1) is 22.0 Å². The summed E-state index contributed by atoms with van der Waals surface area (Å²) in [6.45, 7) is 5.74. The Balaban J connectivity index is 1.43. The van der Waals surface area contributed by atoms with Gasteiger partial charge in [-0.2, -0.15) is 0 Å². The standard InChI is InChI=1S/C25H28N4O5/c1-3-15(2)22(28-14-17-6-4-5-7-19(17)23(28)30)25(32)26-11-16-10-18(13-26)20-8-9-21(29(33)34)24(31)27(20)12-16/h4-9,15-16,18,22H,3,10-14H2,1-2H3. The molecular weight excluding hydrogens is 436 g/mol. The molecule has 4 atom stereocenters.